The van der Waals surface area contributed by atoms with Crippen molar-refractivity contribution in [1.29, 1.82) is 5.26 Å². The molecule has 0 amide bonds. The van der Waals surface area contributed by atoms with E-state index >= 15 is 0 Å². The molecule has 0 aromatic carbocycles. The fourth-order valence-electron chi connectivity index (χ4n) is 0.714. The van der Waals surface area contributed by atoms with E-state index in [0.717, 1.165) is 0 Å². The molecule has 0 aliphatic carbocycles. The molecule has 74 valence electrons. The second-order valence-corrected chi connectivity index (χ2v) is 2.63. The summed E-state index contributed by atoms with van der Waals surface area (Å²) in [6.45, 7) is 3.58. The molecule has 1 atom stereocenters. The van der Waals surface area contributed by atoms with Crippen molar-refractivity contribution in [3.05, 3.63) is 12.2 Å². The standard InChI is InChI=1S/C8H12F2N2O/c1-6(3-4-13-2)8(12,5-11)7(9)10/h7H,1,3-4,12H2,2H3. The highest BCUT2D eigenvalue weighted by Crippen LogP contribution is 2.22. The van der Waals surface area contributed by atoms with Gasteiger partial charge < -0.3 is 10.5 Å². The van der Waals surface area contributed by atoms with Gasteiger partial charge in [0.15, 0.2) is 5.54 Å². The van der Waals surface area contributed by atoms with E-state index in [9.17, 15) is 8.78 Å². The van der Waals surface area contributed by atoms with Crippen LogP contribution in [-0.2, 0) is 4.74 Å². The summed E-state index contributed by atoms with van der Waals surface area (Å²) >= 11 is 0. The largest absolute Gasteiger partial charge is 0.384 e. The topological polar surface area (TPSA) is 59.0 Å². The lowest BCUT2D eigenvalue weighted by molar-refractivity contribution is 0.0957. The zero-order valence-corrected chi connectivity index (χ0v) is 7.39. The number of nitrogens with two attached hydrogens (primary N) is 1. The first-order valence-electron chi connectivity index (χ1n) is 3.64. The van der Waals surface area contributed by atoms with Gasteiger partial charge in [-0.3, -0.25) is 0 Å². The Kier molecular flexibility index (Phi) is 4.52. The summed E-state index contributed by atoms with van der Waals surface area (Å²) in [7, 11) is 1.43. The van der Waals surface area contributed by atoms with Gasteiger partial charge in [-0.05, 0) is 12.0 Å². The first-order chi connectivity index (χ1) is 5.99. The molecule has 0 aliphatic heterocycles. The normalized spacial score (nSPS) is 15.1. The van der Waals surface area contributed by atoms with Crippen LogP contribution in [-0.4, -0.2) is 25.7 Å². The highest BCUT2D eigenvalue weighted by Gasteiger charge is 2.38. The monoisotopic (exact) mass is 190 g/mol. The van der Waals surface area contributed by atoms with Crippen LogP contribution in [0.3, 0.4) is 0 Å². The molecule has 0 radical (unpaired) electrons. The Morgan fingerprint density at radius 2 is 2.31 bits per heavy atom. The molecule has 0 aromatic heterocycles. The zero-order valence-electron chi connectivity index (χ0n) is 7.39. The van der Waals surface area contributed by atoms with Crippen molar-refractivity contribution >= 4 is 0 Å². The first kappa shape index (κ1) is 12.0. The molecule has 0 fully saturated rings. The van der Waals surface area contributed by atoms with E-state index in [1.165, 1.54) is 13.2 Å². The van der Waals surface area contributed by atoms with Crippen LogP contribution in [0.5, 0.6) is 0 Å². The lowest BCUT2D eigenvalue weighted by Gasteiger charge is -2.22. The van der Waals surface area contributed by atoms with Crippen molar-refractivity contribution < 1.29 is 13.5 Å². The van der Waals surface area contributed by atoms with E-state index < -0.39 is 12.0 Å². The summed E-state index contributed by atoms with van der Waals surface area (Å²) in [5.74, 6) is 0. The predicted octanol–water partition coefficient (Wildman–Crippen LogP) is 1.07. The van der Waals surface area contributed by atoms with Gasteiger partial charge in [0.2, 0.25) is 0 Å². The maximum atomic E-state index is 12.3. The van der Waals surface area contributed by atoms with Gasteiger partial charge in [-0.15, -0.1) is 0 Å². The fourth-order valence-corrected chi connectivity index (χ4v) is 0.714. The number of nitrogens with zero attached hydrogens (tertiary/aromatic N) is 1. The minimum absolute atomic E-state index is 0.00755. The number of halogens is 2. The molecule has 0 saturated carbocycles. The van der Waals surface area contributed by atoms with Gasteiger partial charge in [0, 0.05) is 13.7 Å². The van der Waals surface area contributed by atoms with Crippen LogP contribution in [0.2, 0.25) is 0 Å². The Morgan fingerprint density at radius 1 is 1.77 bits per heavy atom. The Balaban J connectivity index is 4.42. The summed E-state index contributed by atoms with van der Waals surface area (Å²) in [4.78, 5) is 0. The van der Waals surface area contributed by atoms with Gasteiger partial charge >= 0.3 is 0 Å². The van der Waals surface area contributed by atoms with Crippen molar-refractivity contribution in [3.63, 3.8) is 0 Å². The van der Waals surface area contributed by atoms with Crippen molar-refractivity contribution in [2.75, 3.05) is 13.7 Å². The first-order valence-corrected chi connectivity index (χ1v) is 3.64. The van der Waals surface area contributed by atoms with Gasteiger partial charge in [0.1, 0.15) is 0 Å². The Hall–Kier alpha value is -0.990. The van der Waals surface area contributed by atoms with Gasteiger partial charge in [0.05, 0.1) is 6.07 Å². The Bertz CT molecular complexity index is 225. The molecule has 0 bridgehead atoms. The van der Waals surface area contributed by atoms with Gasteiger partial charge in [-0.25, -0.2) is 8.78 Å². The maximum absolute atomic E-state index is 12.3. The summed E-state index contributed by atoms with van der Waals surface area (Å²) in [6, 6.07) is 1.36. The third-order valence-electron chi connectivity index (χ3n) is 1.72. The van der Waals surface area contributed by atoms with E-state index in [2.05, 4.69) is 11.3 Å². The minimum atomic E-state index is -2.93. The number of ether oxygens (including phenoxy) is 1. The van der Waals surface area contributed by atoms with Crippen LogP contribution in [0.25, 0.3) is 0 Å². The van der Waals surface area contributed by atoms with Crippen molar-refractivity contribution in [2.24, 2.45) is 5.73 Å². The van der Waals surface area contributed by atoms with E-state index in [4.69, 9.17) is 11.0 Å². The summed E-state index contributed by atoms with van der Waals surface area (Å²) in [5.41, 5.74) is 2.90. The summed E-state index contributed by atoms with van der Waals surface area (Å²) in [6.07, 6.45) is -2.77. The second-order valence-electron chi connectivity index (χ2n) is 2.63. The summed E-state index contributed by atoms with van der Waals surface area (Å²) in [5, 5.41) is 8.47. The minimum Gasteiger partial charge on any atom is -0.384 e. The fraction of sp³-hybridized carbons (Fsp3) is 0.625. The molecule has 0 aromatic rings. The lowest BCUT2D eigenvalue weighted by atomic mass is 9.92. The molecular formula is C8H12F2N2O. The molecule has 0 saturated heterocycles. The molecule has 13 heavy (non-hydrogen) atoms. The molecule has 0 heterocycles. The third-order valence-corrected chi connectivity index (χ3v) is 1.72. The van der Waals surface area contributed by atoms with Gasteiger partial charge in [-0.1, -0.05) is 6.58 Å². The second kappa shape index (κ2) is 4.90. The van der Waals surface area contributed by atoms with Crippen LogP contribution in [0, 0.1) is 11.3 Å². The average molecular weight is 190 g/mol. The van der Waals surface area contributed by atoms with Gasteiger partial charge in [-0.2, -0.15) is 5.26 Å². The highest BCUT2D eigenvalue weighted by atomic mass is 19.3. The van der Waals surface area contributed by atoms with Crippen LogP contribution >= 0.6 is 0 Å². The van der Waals surface area contributed by atoms with E-state index in [1.807, 2.05) is 0 Å². The molecule has 0 rings (SSSR count). The smallest absolute Gasteiger partial charge is 0.273 e. The number of alkyl halides is 2. The molecule has 0 spiro atoms. The predicted molar refractivity (Wildman–Crippen MR) is 44.2 cm³/mol. The van der Waals surface area contributed by atoms with Crippen molar-refractivity contribution in [3.8, 4) is 6.07 Å². The molecule has 0 aliphatic rings. The van der Waals surface area contributed by atoms with Crippen molar-refractivity contribution in [2.45, 2.75) is 18.4 Å². The molecule has 1 unspecified atom stereocenters. The van der Waals surface area contributed by atoms with E-state index in [0.29, 0.717) is 0 Å². The molecular weight excluding hydrogens is 178 g/mol. The molecule has 3 nitrogen and oxygen atoms in total. The number of nitriles is 1. The summed E-state index contributed by atoms with van der Waals surface area (Å²) < 4.78 is 29.3. The highest BCUT2D eigenvalue weighted by molar-refractivity contribution is 5.28. The third kappa shape index (κ3) is 2.76. The number of hydrogen-bond acceptors (Lipinski definition) is 3. The van der Waals surface area contributed by atoms with Crippen molar-refractivity contribution in [1.82, 2.24) is 0 Å². The molecule has 5 heteroatoms. The van der Waals surface area contributed by atoms with Crippen LogP contribution in [0.15, 0.2) is 12.2 Å². The number of rotatable bonds is 5. The number of methoxy groups -OCH3 is 1. The van der Waals surface area contributed by atoms with E-state index in [-0.39, 0.29) is 18.6 Å². The van der Waals surface area contributed by atoms with Crippen LogP contribution in [0.4, 0.5) is 8.78 Å². The van der Waals surface area contributed by atoms with E-state index in [1.54, 1.807) is 0 Å². The lowest BCUT2D eigenvalue weighted by Crippen LogP contribution is -2.47. The maximum Gasteiger partial charge on any atom is 0.273 e. The quantitative estimate of drug-likeness (QED) is 0.659. The average Bonchev–Trinajstić information content (AvgIpc) is 2.12. The Labute approximate surface area is 75.8 Å². The van der Waals surface area contributed by atoms with Gasteiger partial charge in [0.25, 0.3) is 6.43 Å². The van der Waals surface area contributed by atoms with Crippen LogP contribution < -0.4 is 5.73 Å². The Morgan fingerprint density at radius 3 is 2.62 bits per heavy atom. The zero-order chi connectivity index (χ0) is 10.5. The SMILES string of the molecule is C=C(CCOC)C(N)(C#N)C(F)F. The number of hydrogen-bond donors (Lipinski definition) is 1. The molecule has 2 N–H and O–H groups in total. The van der Waals surface area contributed by atoms with Crippen LogP contribution in [0.1, 0.15) is 6.42 Å².